The molecular weight excluding hydrogens is 424 g/mol. The number of rotatable bonds is 7. The van der Waals surface area contributed by atoms with Gasteiger partial charge in [-0.3, -0.25) is 4.90 Å². The van der Waals surface area contributed by atoms with E-state index in [1.807, 2.05) is 24.3 Å². The lowest BCUT2D eigenvalue weighted by molar-refractivity contribution is 0.257. The Labute approximate surface area is 192 Å². The van der Waals surface area contributed by atoms with Gasteiger partial charge in [-0.1, -0.05) is 47.1 Å². The summed E-state index contributed by atoms with van der Waals surface area (Å²) in [5.41, 5.74) is 3.43. The van der Waals surface area contributed by atoms with E-state index in [9.17, 15) is 0 Å². The third-order valence-electron chi connectivity index (χ3n) is 5.83. The van der Waals surface area contributed by atoms with Crippen LogP contribution in [0.2, 0.25) is 5.02 Å². The highest BCUT2D eigenvalue weighted by molar-refractivity contribution is 6.30. The molecule has 1 aliphatic heterocycles. The molecule has 8 heteroatoms. The number of hydrogen-bond acceptors (Lipinski definition) is 7. The van der Waals surface area contributed by atoms with E-state index in [4.69, 9.17) is 16.1 Å². The minimum absolute atomic E-state index is 0.476. The molecule has 4 aromatic rings. The van der Waals surface area contributed by atoms with Crippen molar-refractivity contribution in [3.63, 3.8) is 0 Å². The molecule has 32 heavy (non-hydrogen) atoms. The summed E-state index contributed by atoms with van der Waals surface area (Å²) in [4.78, 5) is 13.6. The lowest BCUT2D eigenvalue weighted by atomic mass is 10.1. The smallest absolute Gasteiger partial charge is 0.263 e. The predicted octanol–water partition coefficient (Wildman–Crippen LogP) is 4.56. The molecule has 2 aromatic carbocycles. The second kappa shape index (κ2) is 9.54. The van der Waals surface area contributed by atoms with Gasteiger partial charge in [-0.25, -0.2) is 4.98 Å². The monoisotopic (exact) mass is 448 g/mol. The molecule has 0 unspecified atom stereocenters. The zero-order chi connectivity index (χ0) is 21.8. The van der Waals surface area contributed by atoms with Gasteiger partial charge >= 0.3 is 0 Å². The molecule has 1 N–H and O–H groups in total. The van der Waals surface area contributed by atoms with Gasteiger partial charge in [0, 0.05) is 49.0 Å². The summed E-state index contributed by atoms with van der Waals surface area (Å²) in [6.45, 7) is 6.16. The summed E-state index contributed by atoms with van der Waals surface area (Å²) in [6, 6.07) is 18.2. The Morgan fingerprint density at radius 1 is 0.938 bits per heavy atom. The zero-order valence-electron chi connectivity index (χ0n) is 17.7. The number of hydrogen-bond donors (Lipinski definition) is 1. The van der Waals surface area contributed by atoms with Crippen molar-refractivity contribution in [2.24, 2.45) is 0 Å². The second-order valence-electron chi connectivity index (χ2n) is 7.89. The third kappa shape index (κ3) is 4.54. The number of anilines is 2. The average Bonchev–Trinajstić information content (AvgIpc) is 3.28. The number of aromatic nitrogens is 3. The van der Waals surface area contributed by atoms with Gasteiger partial charge in [-0.2, -0.15) is 4.98 Å². The van der Waals surface area contributed by atoms with Gasteiger partial charge in [0.05, 0.1) is 0 Å². The van der Waals surface area contributed by atoms with Crippen LogP contribution in [0.25, 0.3) is 22.4 Å². The van der Waals surface area contributed by atoms with Crippen LogP contribution in [0.15, 0.2) is 65.4 Å². The van der Waals surface area contributed by atoms with Crippen LogP contribution >= 0.6 is 11.6 Å². The van der Waals surface area contributed by atoms with Crippen molar-refractivity contribution < 1.29 is 4.52 Å². The first-order chi connectivity index (χ1) is 15.8. The van der Waals surface area contributed by atoms with Gasteiger partial charge < -0.3 is 14.7 Å². The lowest BCUT2D eigenvalue weighted by Crippen LogP contribution is -2.46. The molecular formula is C24H25ClN6O. The molecule has 1 saturated heterocycles. The number of piperazine rings is 1. The van der Waals surface area contributed by atoms with Gasteiger partial charge in [0.1, 0.15) is 23.2 Å². The Morgan fingerprint density at radius 2 is 1.72 bits per heavy atom. The summed E-state index contributed by atoms with van der Waals surface area (Å²) in [5.74, 6) is 0.745. The van der Waals surface area contributed by atoms with Gasteiger partial charge in [0.2, 0.25) is 0 Å². The van der Waals surface area contributed by atoms with Crippen LogP contribution in [0.1, 0.15) is 6.42 Å². The van der Waals surface area contributed by atoms with Gasteiger partial charge in [-0.05, 0) is 37.2 Å². The average molecular weight is 449 g/mol. The van der Waals surface area contributed by atoms with Crippen LogP contribution in [0, 0.1) is 0 Å². The van der Waals surface area contributed by atoms with Crippen molar-refractivity contribution in [1.29, 1.82) is 0 Å². The van der Waals surface area contributed by atoms with Gasteiger partial charge in [0.25, 0.3) is 5.71 Å². The molecule has 7 nitrogen and oxygen atoms in total. The highest BCUT2D eigenvalue weighted by atomic mass is 35.5. The van der Waals surface area contributed by atoms with E-state index in [1.54, 1.807) is 0 Å². The fourth-order valence-corrected chi connectivity index (χ4v) is 4.23. The Hall–Kier alpha value is -3.16. The molecule has 2 aromatic heterocycles. The normalized spacial score (nSPS) is 14.7. The van der Waals surface area contributed by atoms with E-state index >= 15 is 0 Å². The fourth-order valence-electron chi connectivity index (χ4n) is 4.10. The molecule has 1 aliphatic rings. The molecule has 0 saturated carbocycles. The standard InChI is InChI=1S/C24H25ClN6O/c25-19-9-7-18(8-10-19)22-21-23(27-17-28-24(21)32-29-22)26-11-4-12-30-13-15-31(16-14-30)20-5-2-1-3-6-20/h1-3,5-10,17H,4,11-16H2,(H,26,27,28). The molecule has 0 aliphatic carbocycles. The van der Waals surface area contributed by atoms with E-state index in [1.165, 1.54) is 12.0 Å². The molecule has 0 amide bonds. The molecule has 0 radical (unpaired) electrons. The van der Waals surface area contributed by atoms with Crippen LogP contribution in [0.3, 0.4) is 0 Å². The topological polar surface area (TPSA) is 70.3 Å². The Kier molecular flexibility index (Phi) is 6.18. The third-order valence-corrected chi connectivity index (χ3v) is 6.08. The molecule has 0 atom stereocenters. The van der Waals surface area contributed by atoms with E-state index in [0.29, 0.717) is 10.7 Å². The number of benzene rings is 2. The van der Waals surface area contributed by atoms with Crippen LogP contribution < -0.4 is 10.2 Å². The maximum atomic E-state index is 6.02. The second-order valence-corrected chi connectivity index (χ2v) is 8.32. The minimum atomic E-state index is 0.476. The summed E-state index contributed by atoms with van der Waals surface area (Å²) in [5, 5.41) is 9.15. The number of nitrogens with zero attached hydrogens (tertiary/aromatic N) is 5. The Balaban J connectivity index is 1.17. The molecule has 3 heterocycles. The zero-order valence-corrected chi connectivity index (χ0v) is 18.5. The lowest BCUT2D eigenvalue weighted by Gasteiger charge is -2.36. The first-order valence-electron chi connectivity index (χ1n) is 10.9. The molecule has 0 spiro atoms. The minimum Gasteiger partial charge on any atom is -0.369 e. The van der Waals surface area contributed by atoms with Gasteiger partial charge in [-0.15, -0.1) is 0 Å². The van der Waals surface area contributed by atoms with E-state index < -0.39 is 0 Å². The highest BCUT2D eigenvalue weighted by Gasteiger charge is 2.18. The predicted molar refractivity (Wildman–Crippen MR) is 128 cm³/mol. The maximum Gasteiger partial charge on any atom is 0.263 e. The van der Waals surface area contributed by atoms with Crippen molar-refractivity contribution in [1.82, 2.24) is 20.0 Å². The SMILES string of the molecule is Clc1ccc(-c2noc3ncnc(NCCCN4CCN(c5ccccc5)CC4)c23)cc1. The molecule has 5 rings (SSSR count). The summed E-state index contributed by atoms with van der Waals surface area (Å²) in [7, 11) is 0. The fraction of sp³-hybridized carbons (Fsp3) is 0.292. The Morgan fingerprint density at radius 3 is 2.50 bits per heavy atom. The largest absolute Gasteiger partial charge is 0.369 e. The van der Waals surface area contributed by atoms with Crippen LogP contribution in [0.4, 0.5) is 11.5 Å². The Bertz CT molecular complexity index is 1160. The van der Waals surface area contributed by atoms with Crippen LogP contribution in [-0.4, -0.2) is 59.3 Å². The molecule has 0 bridgehead atoms. The van der Waals surface area contributed by atoms with E-state index in [2.05, 4.69) is 60.6 Å². The van der Waals surface area contributed by atoms with Crippen molar-refractivity contribution in [3.05, 3.63) is 65.9 Å². The maximum absolute atomic E-state index is 6.02. The quantitative estimate of drug-likeness (QED) is 0.415. The van der Waals surface area contributed by atoms with Crippen molar-refractivity contribution >= 4 is 34.2 Å². The van der Waals surface area contributed by atoms with Crippen LogP contribution in [-0.2, 0) is 0 Å². The summed E-state index contributed by atoms with van der Waals surface area (Å²) < 4.78 is 5.44. The first-order valence-corrected chi connectivity index (χ1v) is 11.3. The highest BCUT2D eigenvalue weighted by Crippen LogP contribution is 2.31. The van der Waals surface area contributed by atoms with Crippen molar-refractivity contribution in [3.8, 4) is 11.3 Å². The number of nitrogens with one attached hydrogen (secondary N) is 1. The van der Waals surface area contributed by atoms with Crippen molar-refractivity contribution in [2.75, 3.05) is 49.5 Å². The van der Waals surface area contributed by atoms with E-state index in [0.717, 1.165) is 68.2 Å². The number of fused-ring (bicyclic) bond motifs is 1. The summed E-state index contributed by atoms with van der Waals surface area (Å²) in [6.07, 6.45) is 2.53. The van der Waals surface area contributed by atoms with Gasteiger partial charge in [0.15, 0.2) is 0 Å². The first kappa shape index (κ1) is 20.7. The van der Waals surface area contributed by atoms with Crippen LogP contribution in [0.5, 0.6) is 0 Å². The summed E-state index contributed by atoms with van der Waals surface area (Å²) >= 11 is 6.02. The van der Waals surface area contributed by atoms with Crippen molar-refractivity contribution in [2.45, 2.75) is 6.42 Å². The molecule has 1 fully saturated rings. The molecule has 164 valence electrons. The number of para-hydroxylation sites is 1. The number of halogens is 1. The van der Waals surface area contributed by atoms with E-state index in [-0.39, 0.29) is 0 Å².